The van der Waals surface area contributed by atoms with Crippen molar-refractivity contribution in [1.82, 2.24) is 24.2 Å². The average Bonchev–Trinajstić information content (AvgIpc) is 3.69. The number of rotatable bonds is 10. The van der Waals surface area contributed by atoms with Crippen LogP contribution in [-0.4, -0.2) is 57.2 Å². The number of hydrogen-bond acceptors (Lipinski definition) is 7. The van der Waals surface area contributed by atoms with Crippen molar-refractivity contribution < 1.29 is 27.8 Å². The number of anilines is 1. The van der Waals surface area contributed by atoms with E-state index >= 15 is 0 Å². The third-order valence-electron chi connectivity index (χ3n) is 8.82. The molecular weight excluding hydrogens is 647 g/mol. The average molecular weight is 695 g/mol. The molecule has 49 heavy (non-hydrogen) atoms. The van der Waals surface area contributed by atoms with Gasteiger partial charge in [0.2, 0.25) is 0 Å². The van der Waals surface area contributed by atoms with Gasteiger partial charge in [-0.3, -0.25) is 4.90 Å². The van der Waals surface area contributed by atoms with Gasteiger partial charge in [0.1, 0.15) is 29.7 Å². The Bertz CT molecular complexity index is 1800. The fourth-order valence-electron chi connectivity index (χ4n) is 6.26. The van der Waals surface area contributed by atoms with Gasteiger partial charge in [0.25, 0.3) is 0 Å². The predicted octanol–water partition coefficient (Wildman–Crippen LogP) is 8.61. The Morgan fingerprint density at radius 2 is 1.86 bits per heavy atom. The number of hydrogen-bond donors (Lipinski definition) is 1. The minimum atomic E-state index is -1.33. The summed E-state index contributed by atoms with van der Waals surface area (Å²) in [5.74, 6) is -0.585. The van der Waals surface area contributed by atoms with E-state index in [0.29, 0.717) is 43.4 Å². The maximum Gasteiger partial charge on any atom is 0.410 e. The minimum absolute atomic E-state index is 0.219. The van der Waals surface area contributed by atoms with Crippen molar-refractivity contribution in [2.24, 2.45) is 0 Å². The molecule has 2 aromatic heterocycles. The first-order chi connectivity index (χ1) is 23.1. The van der Waals surface area contributed by atoms with E-state index in [1.807, 2.05) is 55.1 Å². The summed E-state index contributed by atoms with van der Waals surface area (Å²) >= 11 is 0. The number of aromatic nitrogens is 4. The molecule has 10 nitrogen and oxygen atoms in total. The monoisotopic (exact) mass is 694 g/mol. The van der Waals surface area contributed by atoms with Gasteiger partial charge in [-0.25, -0.2) is 23.2 Å². The molecule has 0 aliphatic carbocycles. The van der Waals surface area contributed by atoms with Gasteiger partial charge in [0.15, 0.2) is 12.1 Å². The standard InChI is InChI=1S/C36H48F2N6O4Si/c1-23(24-16-25(37)18-26(38)17-24)39-27-11-12-30-28(19-27)33(41-44(30)32-10-8-9-13-47-32)34-40-29-20-42(35(45)48-36(2,3)4)21-31(29)43(34)22-46-14-15-49(5,6)7/h11-12,16-19,23,32,39H,8-10,13-15,20-22H2,1-7H3. The van der Waals surface area contributed by atoms with E-state index in [9.17, 15) is 13.6 Å². The molecule has 264 valence electrons. The van der Waals surface area contributed by atoms with Gasteiger partial charge in [-0.15, -0.1) is 0 Å². The van der Waals surface area contributed by atoms with Crippen molar-refractivity contribution in [3.8, 4) is 11.5 Å². The highest BCUT2D eigenvalue weighted by atomic mass is 28.3. The molecule has 0 bridgehead atoms. The Morgan fingerprint density at radius 3 is 2.53 bits per heavy atom. The van der Waals surface area contributed by atoms with Gasteiger partial charge in [-0.05, 0) is 88.9 Å². The van der Waals surface area contributed by atoms with Crippen LogP contribution in [0.15, 0.2) is 36.4 Å². The number of carbonyl (C=O) groups is 1. The smallest absolute Gasteiger partial charge is 0.410 e. The van der Waals surface area contributed by atoms with Crippen molar-refractivity contribution in [1.29, 1.82) is 0 Å². The zero-order valence-corrected chi connectivity index (χ0v) is 30.6. The number of fused-ring (bicyclic) bond motifs is 2. The van der Waals surface area contributed by atoms with Crippen molar-refractivity contribution in [3.63, 3.8) is 0 Å². The number of ether oxygens (including phenoxy) is 3. The Balaban J connectivity index is 1.40. The first-order valence-corrected chi connectivity index (χ1v) is 20.9. The van der Waals surface area contributed by atoms with E-state index in [4.69, 9.17) is 24.3 Å². The third kappa shape index (κ3) is 8.16. The molecule has 13 heteroatoms. The SMILES string of the molecule is CC(Nc1ccc2c(c1)c(-c1nc3c(n1COCC[Si](C)(C)C)CN(C(=O)OC(C)(C)C)C3)nn2C1CCCCO1)c1cc(F)cc(F)c1. The molecule has 2 aliphatic heterocycles. The van der Waals surface area contributed by atoms with Gasteiger partial charge in [-0.1, -0.05) is 19.6 Å². The van der Waals surface area contributed by atoms with E-state index in [2.05, 4.69) is 25.0 Å². The largest absolute Gasteiger partial charge is 0.444 e. The first kappa shape index (κ1) is 35.0. The lowest BCUT2D eigenvalue weighted by Crippen LogP contribution is -2.34. The zero-order chi connectivity index (χ0) is 35.1. The molecule has 4 heterocycles. The molecule has 2 aliphatic rings. The minimum Gasteiger partial charge on any atom is -0.444 e. The van der Waals surface area contributed by atoms with Crippen molar-refractivity contribution in [3.05, 3.63) is 65.0 Å². The van der Waals surface area contributed by atoms with E-state index in [1.165, 1.54) is 12.1 Å². The van der Waals surface area contributed by atoms with Crippen molar-refractivity contribution >= 4 is 30.8 Å². The summed E-state index contributed by atoms with van der Waals surface area (Å²) in [5, 5.41) is 9.42. The first-order valence-electron chi connectivity index (χ1n) is 17.2. The topological polar surface area (TPSA) is 95.7 Å². The number of benzene rings is 2. The highest BCUT2D eigenvalue weighted by Crippen LogP contribution is 2.37. The number of halogens is 2. The summed E-state index contributed by atoms with van der Waals surface area (Å²) in [7, 11) is -1.33. The van der Waals surface area contributed by atoms with Crippen LogP contribution in [0.3, 0.4) is 0 Å². The van der Waals surface area contributed by atoms with E-state index < -0.39 is 25.3 Å². The summed E-state index contributed by atoms with van der Waals surface area (Å²) in [6.45, 7) is 16.6. The predicted molar refractivity (Wildman–Crippen MR) is 188 cm³/mol. The van der Waals surface area contributed by atoms with Crippen molar-refractivity contribution in [2.75, 3.05) is 18.5 Å². The molecule has 0 spiro atoms. The lowest BCUT2D eigenvalue weighted by Gasteiger charge is -2.24. The second kappa shape index (κ2) is 13.8. The summed E-state index contributed by atoms with van der Waals surface area (Å²) in [5.41, 5.74) is 3.89. The Kier molecular flexibility index (Phi) is 9.89. The Labute approximate surface area is 287 Å². The molecular formula is C36H48F2N6O4Si. The molecule has 1 N–H and O–H groups in total. The van der Waals surface area contributed by atoms with Crippen molar-refractivity contribution in [2.45, 2.75) is 110 Å². The maximum atomic E-state index is 14.0. The quantitative estimate of drug-likeness (QED) is 0.131. The molecule has 2 atom stereocenters. The molecule has 2 unspecified atom stereocenters. The van der Waals surface area contributed by atoms with Gasteiger partial charge < -0.3 is 24.1 Å². The second-order valence-corrected chi connectivity index (χ2v) is 21.0. The number of carbonyl (C=O) groups excluding carboxylic acids is 1. The van der Waals surface area contributed by atoms with Gasteiger partial charge >= 0.3 is 6.09 Å². The summed E-state index contributed by atoms with van der Waals surface area (Å²) < 4.78 is 50.2. The fourth-order valence-corrected chi connectivity index (χ4v) is 7.01. The highest BCUT2D eigenvalue weighted by Gasteiger charge is 2.34. The lowest BCUT2D eigenvalue weighted by atomic mass is 10.1. The van der Waals surface area contributed by atoms with Gasteiger partial charge in [-0.2, -0.15) is 5.10 Å². The summed E-state index contributed by atoms with van der Waals surface area (Å²) in [4.78, 5) is 19.8. The third-order valence-corrected chi connectivity index (χ3v) is 10.5. The van der Waals surface area contributed by atoms with E-state index in [-0.39, 0.29) is 25.1 Å². The van der Waals surface area contributed by atoms with Crippen LogP contribution >= 0.6 is 0 Å². The number of imidazole rings is 1. The van der Waals surface area contributed by atoms with E-state index in [0.717, 1.165) is 59.4 Å². The van der Waals surface area contributed by atoms with Crippen LogP contribution in [0.4, 0.5) is 19.3 Å². The van der Waals surface area contributed by atoms with Gasteiger partial charge in [0.05, 0.1) is 30.0 Å². The van der Waals surface area contributed by atoms with Crippen LogP contribution in [0.5, 0.6) is 0 Å². The molecule has 0 radical (unpaired) electrons. The number of amides is 1. The van der Waals surface area contributed by atoms with Crippen LogP contribution in [0.2, 0.25) is 25.7 Å². The second-order valence-electron chi connectivity index (χ2n) is 15.4. The molecule has 4 aromatic rings. The maximum absolute atomic E-state index is 14.0. The normalized spacial score (nSPS) is 17.4. The molecule has 1 amide bonds. The highest BCUT2D eigenvalue weighted by molar-refractivity contribution is 6.76. The fraction of sp³-hybridized carbons (Fsp3) is 0.528. The van der Waals surface area contributed by atoms with E-state index in [1.54, 1.807) is 4.90 Å². The number of nitrogens with zero attached hydrogens (tertiary/aromatic N) is 5. The Hall–Kier alpha value is -3.81. The molecule has 6 rings (SSSR count). The van der Waals surface area contributed by atoms with Gasteiger partial charge in [0, 0.05) is 44.5 Å². The molecule has 1 fully saturated rings. The van der Waals surface area contributed by atoms with Crippen LogP contribution in [-0.2, 0) is 34.0 Å². The van der Waals surface area contributed by atoms with Crippen LogP contribution in [0, 0.1) is 11.6 Å². The lowest BCUT2D eigenvalue weighted by molar-refractivity contribution is -0.0365. The number of nitrogens with one attached hydrogen (secondary N) is 1. The molecule has 1 saturated heterocycles. The summed E-state index contributed by atoms with van der Waals surface area (Å²) in [6, 6.07) is 10.2. The van der Waals surface area contributed by atoms with Crippen LogP contribution < -0.4 is 5.32 Å². The molecule has 0 saturated carbocycles. The van der Waals surface area contributed by atoms with Crippen LogP contribution in [0.25, 0.3) is 22.4 Å². The van der Waals surface area contributed by atoms with Crippen LogP contribution in [0.1, 0.15) is 76.2 Å². The zero-order valence-electron chi connectivity index (χ0n) is 29.6. The Morgan fingerprint density at radius 1 is 1.10 bits per heavy atom. The summed E-state index contributed by atoms with van der Waals surface area (Å²) in [6.07, 6.45) is 2.29. The molecule has 2 aromatic carbocycles.